The Balaban J connectivity index is 2.42. The molecule has 2 atom stereocenters. The van der Waals surface area contributed by atoms with Crippen LogP contribution >= 0.6 is 0 Å². The van der Waals surface area contributed by atoms with Crippen molar-refractivity contribution in [2.45, 2.75) is 25.8 Å². The summed E-state index contributed by atoms with van der Waals surface area (Å²) in [5.74, 6) is -1.91. The van der Waals surface area contributed by atoms with Gasteiger partial charge in [0.05, 0.1) is 6.54 Å². The van der Waals surface area contributed by atoms with Gasteiger partial charge in [0.15, 0.2) is 0 Å². The van der Waals surface area contributed by atoms with Crippen LogP contribution in [0, 0.1) is 11.7 Å². The fourth-order valence-electron chi connectivity index (χ4n) is 3.03. The van der Waals surface area contributed by atoms with E-state index in [1.165, 1.54) is 41.1 Å². The summed E-state index contributed by atoms with van der Waals surface area (Å²) in [6, 6.07) is 5.41. The van der Waals surface area contributed by atoms with Gasteiger partial charge < -0.3 is 10.6 Å². The molecule has 3 amide bonds. The average Bonchev–Trinajstić information content (AvgIpc) is 2.69. The number of benzene rings is 1. The molecule has 2 unspecified atom stereocenters. The second kappa shape index (κ2) is 5.98. The molecule has 6 nitrogen and oxygen atoms in total. The zero-order valence-electron chi connectivity index (χ0n) is 13.4. The van der Waals surface area contributed by atoms with Crippen molar-refractivity contribution in [3.05, 3.63) is 30.1 Å². The van der Waals surface area contributed by atoms with Crippen molar-refractivity contribution in [3.63, 3.8) is 0 Å². The molecular weight excluding hydrogens is 301 g/mol. The maximum absolute atomic E-state index is 13.1. The number of halogens is 1. The number of rotatable bonds is 4. The number of likely N-dealkylation sites (N-methyl/N-ethyl adjacent to an activating group) is 1. The van der Waals surface area contributed by atoms with E-state index in [1.807, 2.05) is 0 Å². The minimum Gasteiger partial charge on any atom is -0.368 e. The number of nitrogens with zero attached hydrogens (tertiary/aromatic N) is 2. The van der Waals surface area contributed by atoms with Gasteiger partial charge in [-0.3, -0.25) is 19.3 Å². The van der Waals surface area contributed by atoms with E-state index in [4.69, 9.17) is 5.73 Å². The molecule has 0 aliphatic carbocycles. The third-order valence-corrected chi connectivity index (χ3v) is 4.41. The number of anilines is 1. The molecule has 1 heterocycles. The Kier molecular flexibility index (Phi) is 4.40. The number of nitrogens with two attached hydrogens (primary N) is 1. The molecule has 124 valence electrons. The molecule has 1 aliphatic heterocycles. The first kappa shape index (κ1) is 16.9. The highest BCUT2D eigenvalue weighted by Crippen LogP contribution is 2.40. The van der Waals surface area contributed by atoms with Crippen molar-refractivity contribution in [2.75, 3.05) is 18.5 Å². The Hall–Kier alpha value is -2.44. The van der Waals surface area contributed by atoms with E-state index < -0.39 is 17.3 Å². The summed E-state index contributed by atoms with van der Waals surface area (Å²) in [6.07, 6.45) is 0.198. The van der Waals surface area contributed by atoms with E-state index in [0.29, 0.717) is 5.69 Å². The van der Waals surface area contributed by atoms with E-state index in [-0.39, 0.29) is 30.7 Å². The largest absolute Gasteiger partial charge is 0.368 e. The van der Waals surface area contributed by atoms with Crippen molar-refractivity contribution in [2.24, 2.45) is 11.7 Å². The summed E-state index contributed by atoms with van der Waals surface area (Å²) in [6.45, 7) is 3.23. The molecular formula is C16H20FN3O3. The molecule has 0 aromatic heterocycles. The first-order chi connectivity index (χ1) is 10.7. The number of hydrogen-bond donors (Lipinski definition) is 1. The van der Waals surface area contributed by atoms with Crippen molar-refractivity contribution in [1.29, 1.82) is 0 Å². The number of amides is 3. The Morgan fingerprint density at radius 3 is 2.48 bits per heavy atom. The molecule has 0 bridgehead atoms. The maximum Gasteiger partial charge on any atom is 0.249 e. The van der Waals surface area contributed by atoms with Gasteiger partial charge in [-0.1, -0.05) is 6.92 Å². The number of carbonyl (C=O) groups is 3. The second-order valence-electron chi connectivity index (χ2n) is 6.09. The van der Waals surface area contributed by atoms with Gasteiger partial charge in [0.2, 0.25) is 17.7 Å². The summed E-state index contributed by atoms with van der Waals surface area (Å²) in [5.41, 5.74) is 4.44. The van der Waals surface area contributed by atoms with E-state index in [1.54, 1.807) is 13.8 Å². The maximum atomic E-state index is 13.1. The lowest BCUT2D eigenvalue weighted by molar-refractivity contribution is -0.139. The van der Waals surface area contributed by atoms with E-state index in [0.717, 1.165) is 0 Å². The molecule has 0 radical (unpaired) electrons. The zero-order valence-corrected chi connectivity index (χ0v) is 13.4. The van der Waals surface area contributed by atoms with Gasteiger partial charge in [-0.05, 0) is 37.1 Å². The minimum absolute atomic E-state index is 0.198. The predicted octanol–water partition coefficient (Wildman–Crippen LogP) is 0.901. The number of carbonyl (C=O) groups excluding carboxylic acids is 3. The monoisotopic (exact) mass is 321 g/mol. The topological polar surface area (TPSA) is 83.7 Å². The third-order valence-electron chi connectivity index (χ3n) is 4.41. The molecule has 2 rings (SSSR count). The van der Waals surface area contributed by atoms with E-state index in [2.05, 4.69) is 0 Å². The molecule has 7 heteroatoms. The Morgan fingerprint density at radius 2 is 1.96 bits per heavy atom. The summed E-state index contributed by atoms with van der Waals surface area (Å²) in [4.78, 5) is 38.9. The van der Waals surface area contributed by atoms with Crippen molar-refractivity contribution < 1.29 is 18.8 Å². The summed E-state index contributed by atoms with van der Waals surface area (Å²) in [7, 11) is 1.47. The zero-order chi connectivity index (χ0) is 17.4. The SMILES string of the molecule is CC1CC(=O)N(c2ccc(F)cc2)C1(C)C(=O)N(C)CC(N)=O. The van der Waals surface area contributed by atoms with Crippen LogP contribution in [0.15, 0.2) is 24.3 Å². The Labute approximate surface area is 134 Å². The summed E-state index contributed by atoms with van der Waals surface area (Å²) >= 11 is 0. The van der Waals surface area contributed by atoms with Crippen LogP contribution in [0.1, 0.15) is 20.3 Å². The molecule has 1 aromatic rings. The van der Waals surface area contributed by atoms with E-state index in [9.17, 15) is 18.8 Å². The van der Waals surface area contributed by atoms with Crippen molar-refractivity contribution in [1.82, 2.24) is 4.90 Å². The fourth-order valence-corrected chi connectivity index (χ4v) is 3.03. The quantitative estimate of drug-likeness (QED) is 0.894. The van der Waals surface area contributed by atoms with Gasteiger partial charge in [0, 0.05) is 19.2 Å². The Bertz CT molecular complexity index is 646. The van der Waals surface area contributed by atoms with E-state index >= 15 is 0 Å². The lowest BCUT2D eigenvalue weighted by Gasteiger charge is -2.39. The molecule has 1 fully saturated rings. The molecule has 23 heavy (non-hydrogen) atoms. The first-order valence-corrected chi connectivity index (χ1v) is 7.30. The van der Waals surface area contributed by atoms with Crippen LogP contribution in [0.3, 0.4) is 0 Å². The number of hydrogen-bond acceptors (Lipinski definition) is 3. The molecule has 0 saturated carbocycles. The second-order valence-corrected chi connectivity index (χ2v) is 6.09. The van der Waals surface area contributed by atoms with Crippen LogP contribution in [0.25, 0.3) is 0 Å². The highest BCUT2D eigenvalue weighted by Gasteiger charge is 2.54. The third kappa shape index (κ3) is 2.91. The fraction of sp³-hybridized carbons (Fsp3) is 0.438. The van der Waals surface area contributed by atoms with Gasteiger partial charge in [-0.25, -0.2) is 4.39 Å². The van der Waals surface area contributed by atoms with Crippen LogP contribution in [-0.2, 0) is 14.4 Å². The molecule has 1 aliphatic rings. The lowest BCUT2D eigenvalue weighted by Crippen LogP contribution is -2.58. The molecule has 1 saturated heterocycles. The molecule has 1 aromatic carbocycles. The van der Waals surface area contributed by atoms with Crippen LogP contribution < -0.4 is 10.6 Å². The van der Waals surface area contributed by atoms with Crippen LogP contribution in [0.4, 0.5) is 10.1 Å². The summed E-state index contributed by atoms with van der Waals surface area (Å²) in [5, 5.41) is 0. The van der Waals surface area contributed by atoms with Gasteiger partial charge in [0.25, 0.3) is 0 Å². The highest BCUT2D eigenvalue weighted by molar-refractivity contribution is 6.07. The van der Waals surface area contributed by atoms with Gasteiger partial charge in [-0.15, -0.1) is 0 Å². The van der Waals surface area contributed by atoms with Crippen molar-refractivity contribution in [3.8, 4) is 0 Å². The smallest absolute Gasteiger partial charge is 0.249 e. The minimum atomic E-state index is -1.15. The standard InChI is InChI=1S/C16H20FN3O3/c1-10-8-14(22)20(12-6-4-11(17)5-7-12)16(10,2)15(23)19(3)9-13(18)21/h4-7,10H,8-9H2,1-3H3,(H2,18,21). The average molecular weight is 321 g/mol. The highest BCUT2D eigenvalue weighted by atomic mass is 19.1. The summed E-state index contributed by atoms with van der Waals surface area (Å²) < 4.78 is 13.1. The van der Waals surface area contributed by atoms with Gasteiger partial charge in [0.1, 0.15) is 11.4 Å². The van der Waals surface area contributed by atoms with Crippen molar-refractivity contribution >= 4 is 23.4 Å². The normalized spacial score (nSPS) is 23.9. The van der Waals surface area contributed by atoms with Crippen LogP contribution in [0.2, 0.25) is 0 Å². The molecule has 2 N–H and O–H groups in total. The van der Waals surface area contributed by atoms with Gasteiger partial charge in [-0.2, -0.15) is 0 Å². The predicted molar refractivity (Wildman–Crippen MR) is 82.9 cm³/mol. The van der Waals surface area contributed by atoms with Gasteiger partial charge >= 0.3 is 0 Å². The first-order valence-electron chi connectivity index (χ1n) is 7.30. The number of primary amides is 1. The molecule has 0 spiro atoms. The Morgan fingerprint density at radius 1 is 1.39 bits per heavy atom. The lowest BCUT2D eigenvalue weighted by atomic mass is 9.86. The van der Waals surface area contributed by atoms with Crippen LogP contribution in [-0.4, -0.2) is 41.8 Å². The van der Waals surface area contributed by atoms with Crippen LogP contribution in [0.5, 0.6) is 0 Å².